The number of benzene rings is 2. The number of fused-ring (bicyclic) bond motifs is 1. The summed E-state index contributed by atoms with van der Waals surface area (Å²) in [5.41, 5.74) is 2.55. The van der Waals surface area contributed by atoms with E-state index >= 15 is 0 Å². The third kappa shape index (κ3) is 3.69. The number of aromatic nitrogens is 1. The summed E-state index contributed by atoms with van der Waals surface area (Å²) in [5.74, 6) is 0.592. The lowest BCUT2D eigenvalue weighted by atomic mass is 9.73. The lowest BCUT2D eigenvalue weighted by Crippen LogP contribution is -2.59. The average molecular weight is 501 g/mol. The first-order valence-corrected chi connectivity index (χ1v) is 12.1. The van der Waals surface area contributed by atoms with E-state index in [1.165, 1.54) is 13.5 Å². The molecular weight excluding hydrogens is 475 g/mol. The van der Waals surface area contributed by atoms with Gasteiger partial charge in [0.2, 0.25) is 0 Å². The highest BCUT2D eigenvalue weighted by atomic mass is 35.5. The van der Waals surface area contributed by atoms with Crippen molar-refractivity contribution in [3.8, 4) is 5.75 Å². The Labute approximate surface area is 208 Å². The molecule has 5 rings (SSSR count). The smallest absolute Gasteiger partial charge is 0.268 e. The molecule has 178 valence electrons. The van der Waals surface area contributed by atoms with Crippen LogP contribution < -0.4 is 10.1 Å². The zero-order chi connectivity index (χ0) is 24.0. The molecule has 1 aliphatic carbocycles. The molecule has 2 aliphatic rings. The van der Waals surface area contributed by atoms with Crippen LogP contribution in [0.15, 0.2) is 36.4 Å². The third-order valence-corrected chi connectivity index (χ3v) is 8.21. The van der Waals surface area contributed by atoms with Crippen molar-refractivity contribution in [1.29, 1.82) is 0 Å². The summed E-state index contributed by atoms with van der Waals surface area (Å²) in [6.45, 7) is 0.754. The number of methoxy groups -OCH3 is 1. The Morgan fingerprint density at radius 1 is 1.21 bits per heavy atom. The van der Waals surface area contributed by atoms with E-state index in [0.717, 1.165) is 35.8 Å². The summed E-state index contributed by atoms with van der Waals surface area (Å²) in [7, 11) is 3.33. The zero-order valence-electron chi connectivity index (χ0n) is 19.1. The van der Waals surface area contributed by atoms with E-state index in [9.17, 15) is 9.59 Å². The van der Waals surface area contributed by atoms with Crippen molar-refractivity contribution in [2.24, 2.45) is 13.0 Å². The number of nitrogens with zero attached hydrogens (tertiary/aromatic N) is 1. The monoisotopic (exact) mass is 500 g/mol. The van der Waals surface area contributed by atoms with Gasteiger partial charge in [0.1, 0.15) is 28.3 Å². The maximum absolute atomic E-state index is 13.4. The van der Waals surface area contributed by atoms with E-state index in [1.807, 2.05) is 24.3 Å². The Morgan fingerprint density at radius 3 is 2.44 bits per heavy atom. The molecule has 2 fully saturated rings. The van der Waals surface area contributed by atoms with Gasteiger partial charge in [-0.1, -0.05) is 53.9 Å². The molecule has 8 heteroatoms. The van der Waals surface area contributed by atoms with Crippen molar-refractivity contribution < 1.29 is 19.1 Å². The normalized spacial score (nSPS) is 18.1. The van der Waals surface area contributed by atoms with Crippen LogP contribution in [0.3, 0.4) is 0 Å². The highest BCUT2D eigenvalue weighted by Crippen LogP contribution is 2.41. The molecule has 1 aromatic heterocycles. The van der Waals surface area contributed by atoms with Crippen LogP contribution in [0.4, 0.5) is 0 Å². The van der Waals surface area contributed by atoms with Crippen LogP contribution in [0.2, 0.25) is 10.0 Å². The van der Waals surface area contributed by atoms with Gasteiger partial charge in [0, 0.05) is 24.4 Å². The average Bonchev–Trinajstić information content (AvgIpc) is 3.12. The van der Waals surface area contributed by atoms with E-state index in [1.54, 1.807) is 23.7 Å². The van der Waals surface area contributed by atoms with Gasteiger partial charge in [-0.3, -0.25) is 4.79 Å². The first-order valence-electron chi connectivity index (χ1n) is 11.4. The molecule has 0 bridgehead atoms. The number of hydrogen-bond acceptors (Lipinski definition) is 4. The van der Waals surface area contributed by atoms with E-state index in [4.69, 9.17) is 32.7 Å². The summed E-state index contributed by atoms with van der Waals surface area (Å²) in [4.78, 5) is 25.1. The van der Waals surface area contributed by atoms with Crippen LogP contribution >= 0.6 is 23.2 Å². The Balaban J connectivity index is 1.42. The minimum Gasteiger partial charge on any atom is -0.495 e. The van der Waals surface area contributed by atoms with Gasteiger partial charge >= 0.3 is 0 Å². The summed E-state index contributed by atoms with van der Waals surface area (Å²) in [6.07, 6.45) is 4.46. The molecule has 3 aromatic rings. The second-order valence-corrected chi connectivity index (χ2v) is 9.99. The maximum Gasteiger partial charge on any atom is 0.268 e. The Morgan fingerprint density at radius 2 is 1.91 bits per heavy atom. The lowest BCUT2D eigenvalue weighted by Gasteiger charge is -2.42. The third-order valence-electron chi connectivity index (χ3n) is 7.35. The Bertz CT molecular complexity index is 1260. The number of rotatable bonds is 7. The molecule has 0 radical (unpaired) electrons. The molecule has 6 nitrogen and oxygen atoms in total. The number of aldehydes is 1. The largest absolute Gasteiger partial charge is 0.495 e. The van der Waals surface area contributed by atoms with Gasteiger partial charge in [0.25, 0.3) is 5.91 Å². The molecule has 1 unspecified atom stereocenters. The number of carbonyl (C=O) groups is 2. The van der Waals surface area contributed by atoms with Crippen molar-refractivity contribution in [2.45, 2.75) is 30.7 Å². The van der Waals surface area contributed by atoms with Gasteiger partial charge in [0.05, 0.1) is 30.9 Å². The van der Waals surface area contributed by atoms with Crippen LogP contribution in [0.5, 0.6) is 5.75 Å². The lowest BCUT2D eigenvalue weighted by molar-refractivity contribution is -0.110. The van der Waals surface area contributed by atoms with Crippen molar-refractivity contribution in [3.05, 3.63) is 63.3 Å². The second-order valence-electron chi connectivity index (χ2n) is 9.23. The summed E-state index contributed by atoms with van der Waals surface area (Å²) < 4.78 is 12.6. The number of nitrogens with one attached hydrogen (secondary N) is 1. The molecule has 1 aliphatic heterocycles. The van der Waals surface area contributed by atoms with Crippen LogP contribution in [-0.4, -0.2) is 37.1 Å². The number of aryl methyl sites for hydroxylation is 1. The van der Waals surface area contributed by atoms with E-state index in [-0.39, 0.29) is 11.8 Å². The van der Waals surface area contributed by atoms with E-state index in [2.05, 4.69) is 5.32 Å². The second kappa shape index (κ2) is 8.91. The topological polar surface area (TPSA) is 69.6 Å². The van der Waals surface area contributed by atoms with Crippen LogP contribution in [0.1, 0.15) is 46.8 Å². The molecule has 1 amide bonds. The predicted octanol–water partition coefficient (Wildman–Crippen LogP) is 5.23. The van der Waals surface area contributed by atoms with Crippen molar-refractivity contribution in [2.75, 3.05) is 20.3 Å². The fourth-order valence-corrected chi connectivity index (χ4v) is 5.41. The molecule has 0 spiro atoms. The number of halogens is 2. The minimum atomic E-state index is -0.627. The summed E-state index contributed by atoms with van der Waals surface area (Å²) >= 11 is 12.8. The summed E-state index contributed by atoms with van der Waals surface area (Å²) in [5, 5.41) is 4.51. The Hall–Kier alpha value is -2.54. The van der Waals surface area contributed by atoms with Crippen LogP contribution in [0, 0.1) is 5.92 Å². The standard InChI is InChI=1S/C26H26Cl2N2O4/c1-30-20-11-22(33-2)24(28)23(27)18(20)10-21(30)25(32)29-26(13-34-14-26)17-8-6-16(7-9-17)19(12-31)15-4-3-5-15/h6-12,15,19H,3-5,13-14H2,1-2H3,(H,29,32). The quantitative estimate of drug-likeness (QED) is 0.450. The van der Waals surface area contributed by atoms with Crippen molar-refractivity contribution in [3.63, 3.8) is 0 Å². The maximum atomic E-state index is 13.4. The molecule has 2 aromatic carbocycles. The fraction of sp³-hybridized carbons (Fsp3) is 0.385. The number of hydrogen-bond donors (Lipinski definition) is 1. The Kier molecular flexibility index (Phi) is 6.09. The molecule has 1 saturated carbocycles. The summed E-state index contributed by atoms with van der Waals surface area (Å²) in [6, 6.07) is 11.5. The highest BCUT2D eigenvalue weighted by molar-refractivity contribution is 6.46. The first-order chi connectivity index (χ1) is 16.4. The molecular formula is C26H26Cl2N2O4. The van der Waals surface area contributed by atoms with Crippen LogP contribution in [0.25, 0.3) is 10.9 Å². The molecule has 2 heterocycles. The zero-order valence-corrected chi connectivity index (χ0v) is 20.6. The molecule has 34 heavy (non-hydrogen) atoms. The van der Waals surface area contributed by atoms with Gasteiger partial charge < -0.3 is 24.2 Å². The number of amides is 1. The SMILES string of the molecule is COc1cc2c(cc(C(=O)NC3(c4ccc(C(C=O)C5CCC5)cc4)COC3)n2C)c(Cl)c1Cl. The van der Waals surface area contributed by atoms with Gasteiger partial charge in [-0.25, -0.2) is 0 Å². The minimum absolute atomic E-state index is 0.0599. The van der Waals surface area contributed by atoms with Gasteiger partial charge in [-0.2, -0.15) is 0 Å². The van der Waals surface area contributed by atoms with Gasteiger partial charge in [-0.15, -0.1) is 0 Å². The predicted molar refractivity (Wildman–Crippen MR) is 132 cm³/mol. The molecule has 1 atom stereocenters. The van der Waals surface area contributed by atoms with Crippen molar-refractivity contribution in [1.82, 2.24) is 9.88 Å². The van der Waals surface area contributed by atoms with Crippen LogP contribution in [-0.2, 0) is 22.1 Å². The van der Waals surface area contributed by atoms with Gasteiger partial charge in [0.15, 0.2) is 0 Å². The number of carbonyl (C=O) groups excluding carboxylic acids is 2. The van der Waals surface area contributed by atoms with E-state index < -0.39 is 5.54 Å². The highest BCUT2D eigenvalue weighted by Gasteiger charge is 2.42. The molecule has 1 N–H and O–H groups in total. The fourth-order valence-electron chi connectivity index (χ4n) is 4.93. The van der Waals surface area contributed by atoms with Gasteiger partial charge in [-0.05, 0) is 36.0 Å². The van der Waals surface area contributed by atoms with Crippen molar-refractivity contribution >= 4 is 46.3 Å². The number of ether oxygens (including phenoxy) is 2. The van der Waals surface area contributed by atoms with E-state index in [0.29, 0.717) is 46.0 Å². The first kappa shape index (κ1) is 23.2. The molecule has 1 saturated heterocycles.